The summed E-state index contributed by atoms with van der Waals surface area (Å²) in [5, 5.41) is 98.8. The molecule has 2 saturated carbocycles. The van der Waals surface area contributed by atoms with Crippen molar-refractivity contribution in [3.63, 3.8) is 0 Å². The zero-order valence-corrected chi connectivity index (χ0v) is 41.7. The van der Waals surface area contributed by atoms with E-state index in [0.29, 0.717) is 0 Å². The molecule has 8 rings (SSSR count). The van der Waals surface area contributed by atoms with Crippen LogP contribution in [0.3, 0.4) is 0 Å². The monoisotopic (exact) mass is 1130 g/mol. The molecular formula is C51H50F6O18S2. The molecule has 0 radical (unpaired) electrons. The summed E-state index contributed by atoms with van der Waals surface area (Å²) < 4.78 is 161. The van der Waals surface area contributed by atoms with Gasteiger partial charge in [-0.3, -0.25) is 0 Å². The van der Waals surface area contributed by atoms with Crippen LogP contribution in [0.1, 0.15) is 64.4 Å². The number of esters is 2. The van der Waals surface area contributed by atoms with Gasteiger partial charge in [-0.05, 0) is 82.6 Å². The van der Waals surface area contributed by atoms with Crippen molar-refractivity contribution in [1.82, 2.24) is 0 Å². The number of aliphatic hydroxyl groups is 10. The van der Waals surface area contributed by atoms with Crippen molar-refractivity contribution in [2.24, 2.45) is 0 Å². The Hall–Kier alpha value is -5.46. The van der Waals surface area contributed by atoms with E-state index in [1.807, 2.05) is 0 Å². The van der Waals surface area contributed by atoms with E-state index in [4.69, 9.17) is 9.47 Å². The Morgan fingerprint density at radius 1 is 0.584 bits per heavy atom. The number of halogens is 6. The van der Waals surface area contributed by atoms with Crippen molar-refractivity contribution >= 4 is 38.4 Å². The van der Waals surface area contributed by atoms with Gasteiger partial charge in [-0.1, -0.05) is 68.5 Å². The number of fused-ring (bicyclic) bond motifs is 1. The Bertz CT molecular complexity index is 3120. The molecule has 0 bridgehead atoms. The number of hydrogen-bond donors (Lipinski definition) is 11. The summed E-state index contributed by atoms with van der Waals surface area (Å²) in [7, 11) is -4.84. The number of hydrogen-bond acceptors (Lipinski definition) is 17. The highest BCUT2D eigenvalue weighted by atomic mass is 32.2. The summed E-state index contributed by atoms with van der Waals surface area (Å²) >= 11 is -3.18. The van der Waals surface area contributed by atoms with Crippen molar-refractivity contribution < 1.29 is 114 Å². The van der Waals surface area contributed by atoms with Crippen LogP contribution in [0.2, 0.25) is 0 Å². The first-order chi connectivity index (χ1) is 36.0. The minimum absolute atomic E-state index is 0.0256. The maximum Gasteiger partial charge on any atom is 0.380 e. The molecule has 4 aromatic carbocycles. The van der Waals surface area contributed by atoms with Gasteiger partial charge in [0.1, 0.15) is 61.0 Å². The molecule has 416 valence electrons. The lowest BCUT2D eigenvalue weighted by molar-refractivity contribution is -0.264. The highest BCUT2D eigenvalue weighted by molar-refractivity contribution is 7.92. The molecule has 1 heterocycles. The number of carbonyl (C=O) groups is 2. The van der Waals surface area contributed by atoms with Gasteiger partial charge < -0.3 is 65.1 Å². The smallest absolute Gasteiger partial charge is 0.380 e. The van der Waals surface area contributed by atoms with E-state index in [2.05, 4.69) is 0 Å². The van der Waals surface area contributed by atoms with Gasteiger partial charge in [0.2, 0.25) is 0 Å². The molecule has 18 nitrogen and oxygen atoms in total. The molecule has 2 fully saturated rings. The van der Waals surface area contributed by atoms with Gasteiger partial charge in [0.05, 0.1) is 26.2 Å². The third kappa shape index (κ3) is 9.42. The van der Waals surface area contributed by atoms with Crippen molar-refractivity contribution in [3.8, 4) is 22.3 Å². The Kier molecular flexibility index (Phi) is 15.7. The molecule has 4 aromatic rings. The molecule has 7 unspecified atom stereocenters. The van der Waals surface area contributed by atoms with Crippen LogP contribution in [-0.4, -0.2) is 176 Å². The van der Waals surface area contributed by atoms with Crippen LogP contribution in [0.4, 0.5) is 26.3 Å². The normalized spacial score (nSPS) is 32.6. The number of aliphatic hydroxyl groups excluding tert-OH is 10. The number of alkyl halides is 6. The summed E-state index contributed by atoms with van der Waals surface area (Å²) in [6.07, 6.45) is -23.9. The zero-order chi connectivity index (χ0) is 56.8. The van der Waals surface area contributed by atoms with Gasteiger partial charge in [-0.15, -0.1) is 0 Å². The fourth-order valence-electron chi connectivity index (χ4n) is 10.3. The summed E-state index contributed by atoms with van der Waals surface area (Å²) in [5.41, 5.74) is -6.31. The summed E-state index contributed by atoms with van der Waals surface area (Å²) in [4.78, 5) is 24.6. The van der Waals surface area contributed by atoms with Gasteiger partial charge in [-0.25, -0.2) is 22.2 Å². The lowest BCUT2D eigenvalue weighted by atomic mass is 9.80. The van der Waals surface area contributed by atoms with Crippen molar-refractivity contribution in [2.45, 2.75) is 139 Å². The van der Waals surface area contributed by atoms with Gasteiger partial charge in [0.15, 0.2) is 33.1 Å². The Balaban J connectivity index is 1.15. The number of carbonyl (C=O) groups excluding carboxylic acids is 2. The van der Waals surface area contributed by atoms with Crippen LogP contribution in [0, 0.1) is 0 Å². The van der Waals surface area contributed by atoms with Crippen molar-refractivity contribution in [2.75, 3.05) is 0 Å². The van der Waals surface area contributed by atoms with Crippen LogP contribution >= 0.6 is 0 Å². The lowest BCUT2D eigenvalue weighted by Gasteiger charge is -2.41. The van der Waals surface area contributed by atoms with Gasteiger partial charge >= 0.3 is 29.7 Å². The summed E-state index contributed by atoms with van der Waals surface area (Å²) in [6, 6.07) is 15.8. The number of benzene rings is 4. The maximum absolute atomic E-state index is 16.7. The molecule has 1 aliphatic heterocycles. The van der Waals surface area contributed by atoms with Crippen molar-refractivity contribution in [3.05, 3.63) is 124 Å². The van der Waals surface area contributed by atoms with Crippen molar-refractivity contribution in [1.29, 1.82) is 0 Å². The second kappa shape index (κ2) is 21.0. The second-order valence-electron chi connectivity index (χ2n) is 19.0. The fourth-order valence-corrected chi connectivity index (χ4v) is 13.2. The number of sulfone groups is 1. The van der Waals surface area contributed by atoms with Crippen LogP contribution in [-0.2, 0) is 30.4 Å². The van der Waals surface area contributed by atoms with E-state index < -0.39 is 179 Å². The molecule has 0 amide bonds. The average Bonchev–Trinajstić information content (AvgIpc) is 3.84. The lowest BCUT2D eigenvalue weighted by Crippen LogP contribution is -2.64. The topological polar surface area (TPSA) is 326 Å². The Labute approximate surface area is 436 Å². The van der Waals surface area contributed by atoms with Gasteiger partial charge in [-0.2, -0.15) is 26.3 Å². The number of ether oxygens (including phenoxy) is 2. The molecule has 0 saturated heterocycles. The quantitative estimate of drug-likeness (QED) is 0.0552. The first kappa shape index (κ1) is 57.7. The van der Waals surface area contributed by atoms with Crippen LogP contribution in [0.5, 0.6) is 0 Å². The fraction of sp³-hybridized carbons (Fsp3) is 0.412. The van der Waals surface area contributed by atoms with Gasteiger partial charge in [0.25, 0.3) is 0 Å². The Morgan fingerprint density at radius 3 is 1.40 bits per heavy atom. The molecule has 3 aliphatic carbocycles. The molecule has 15 atom stereocenters. The van der Waals surface area contributed by atoms with Crippen LogP contribution in [0.25, 0.3) is 27.8 Å². The van der Waals surface area contributed by atoms with E-state index in [1.165, 1.54) is 44.2 Å². The minimum Gasteiger partial charge on any atom is -0.453 e. The molecule has 26 heteroatoms. The average molecular weight is 1130 g/mol. The number of allylic oxidation sites excluding steroid dienone is 4. The van der Waals surface area contributed by atoms with E-state index in [9.17, 15) is 77.8 Å². The molecule has 77 heavy (non-hydrogen) atoms. The number of rotatable bonds is 12. The van der Waals surface area contributed by atoms with Gasteiger partial charge in [0, 0.05) is 22.6 Å². The largest absolute Gasteiger partial charge is 0.453 e. The van der Waals surface area contributed by atoms with Crippen LogP contribution < -0.4 is 0 Å². The predicted molar refractivity (Wildman–Crippen MR) is 255 cm³/mol. The highest BCUT2D eigenvalue weighted by Gasteiger charge is 2.81. The first-order valence-corrected chi connectivity index (χ1v) is 26.3. The second-order valence-corrected chi connectivity index (χ2v) is 22.1. The zero-order valence-electron chi connectivity index (χ0n) is 40.0. The van der Waals surface area contributed by atoms with E-state index in [1.54, 1.807) is 0 Å². The molecule has 0 aromatic heterocycles. The third-order valence-corrected chi connectivity index (χ3v) is 17.6. The first-order valence-electron chi connectivity index (χ1n) is 23.6. The summed E-state index contributed by atoms with van der Waals surface area (Å²) in [6.45, 7) is 2.55. The predicted octanol–water partition coefficient (Wildman–Crippen LogP) is 2.65. The molecule has 4 aliphatic rings. The third-order valence-electron chi connectivity index (χ3n) is 14.5. The molecular weight excluding hydrogens is 1080 g/mol. The molecule has 11 N–H and O–H groups in total. The van der Waals surface area contributed by atoms with E-state index in [0.717, 1.165) is 60.7 Å². The Morgan fingerprint density at radius 2 is 0.987 bits per heavy atom. The van der Waals surface area contributed by atoms with E-state index >= 15 is 26.3 Å². The van der Waals surface area contributed by atoms with Crippen LogP contribution in [0.15, 0.2) is 112 Å². The van der Waals surface area contributed by atoms with E-state index in [-0.39, 0.29) is 39.8 Å². The standard InChI is InChI=1S/C51H50F6O18S2/c1-3-5-27(26-16-14-24(18-29(26)76(70)71)20-6-10-22(11-7-20)47(68)74-45-41(64)37(60)35(58)38(61)42(45)65)33-34(50(54,55)51(56,57)49(33,52)53)32-28-17-15-25(19-31(28)77(72,73)30(32)4-2)21-8-12-23(13-9-21)48(69)75-46-43(66)39(62)36(59)40(63)44(46)67/h5-19,30,32,35-46,58-67H,3-4H2,1-2H3,(H,70,71)/b27-5-/t30?,32?,35?,36?,37-,38+,39-,40+,41+,42-,43+,44-,45?,46?. The summed E-state index contributed by atoms with van der Waals surface area (Å²) in [5.74, 6) is -22.5. The maximum atomic E-state index is 16.7. The molecule has 0 spiro atoms. The highest BCUT2D eigenvalue weighted by Crippen LogP contribution is 2.67. The minimum atomic E-state index is -6.20. The SMILES string of the molecule is CC/C=C(\C1=C(C2c3ccc(-c4ccc(C(=O)OC5[C@@H](O)[C@H](O)C(O)[C@H](O)[C@H]5O)cc4)cc3S(=O)(=O)C2CC)C(F)(F)C(F)(F)C1(F)F)c1ccc(-c2ccc(C(=O)OC3[C@@H](O)[C@H](O)C(O)[C@H](O)[C@H]3O)cc2)cc1S(=O)O.